The van der Waals surface area contributed by atoms with Gasteiger partial charge in [-0.25, -0.2) is 0 Å². The van der Waals surface area contributed by atoms with Gasteiger partial charge >= 0.3 is 0 Å². The van der Waals surface area contributed by atoms with E-state index in [1.807, 2.05) is 35.2 Å². The Balaban J connectivity index is 1.63. The van der Waals surface area contributed by atoms with Crippen molar-refractivity contribution in [2.75, 3.05) is 24.6 Å². The first-order chi connectivity index (χ1) is 12.3. The number of aromatic nitrogens is 1. The largest absolute Gasteiger partial charge is 0.373 e. The molecule has 2 fully saturated rings. The Bertz CT molecular complexity index is 714. The predicted molar refractivity (Wildman–Crippen MR) is 96.7 cm³/mol. The second-order valence-electron chi connectivity index (χ2n) is 6.85. The molecule has 1 spiro atoms. The van der Waals surface area contributed by atoms with Crippen LogP contribution in [0.15, 0.2) is 54.9 Å². The number of hydrogen-bond acceptors (Lipinski definition) is 4. The number of amides is 1. The quantitative estimate of drug-likeness (QED) is 0.935. The van der Waals surface area contributed by atoms with Gasteiger partial charge in [0.1, 0.15) is 0 Å². The Morgan fingerprint density at radius 3 is 2.56 bits per heavy atom. The number of nitrogens with one attached hydrogen (secondary N) is 1. The van der Waals surface area contributed by atoms with Crippen molar-refractivity contribution in [3.05, 3.63) is 60.4 Å². The number of ether oxygens (including phenoxy) is 1. The van der Waals surface area contributed by atoms with E-state index in [1.54, 1.807) is 24.5 Å². The van der Waals surface area contributed by atoms with Gasteiger partial charge in [-0.3, -0.25) is 9.78 Å². The highest BCUT2D eigenvalue weighted by atomic mass is 16.5. The molecule has 1 N–H and O–H groups in total. The molecule has 2 saturated heterocycles. The molecule has 1 aromatic heterocycles. The Labute approximate surface area is 148 Å². The van der Waals surface area contributed by atoms with Gasteiger partial charge in [0.05, 0.1) is 18.2 Å². The lowest BCUT2D eigenvalue weighted by Crippen LogP contribution is -2.44. The number of piperidine rings is 1. The Morgan fingerprint density at radius 1 is 1.12 bits per heavy atom. The first-order valence-corrected chi connectivity index (χ1v) is 8.91. The van der Waals surface area contributed by atoms with E-state index in [9.17, 15) is 4.79 Å². The van der Waals surface area contributed by atoms with Gasteiger partial charge in [-0.05, 0) is 56.6 Å². The van der Waals surface area contributed by atoms with Gasteiger partial charge in [0.25, 0.3) is 5.91 Å². The zero-order valence-corrected chi connectivity index (χ0v) is 14.2. The molecule has 2 aliphatic heterocycles. The van der Waals surface area contributed by atoms with Crippen molar-refractivity contribution >= 4 is 11.6 Å². The van der Waals surface area contributed by atoms with Gasteiger partial charge in [-0.2, -0.15) is 0 Å². The molecule has 0 aliphatic carbocycles. The van der Waals surface area contributed by atoms with Crippen LogP contribution >= 0.6 is 0 Å². The third kappa shape index (κ3) is 3.30. The number of hydrogen-bond donors (Lipinski definition) is 1. The van der Waals surface area contributed by atoms with Crippen molar-refractivity contribution in [1.82, 2.24) is 10.3 Å². The van der Waals surface area contributed by atoms with Crippen LogP contribution in [0, 0.1) is 0 Å². The lowest BCUT2D eigenvalue weighted by molar-refractivity contribution is -0.0193. The van der Waals surface area contributed by atoms with E-state index in [1.165, 1.54) is 0 Å². The van der Waals surface area contributed by atoms with Gasteiger partial charge in [0.15, 0.2) is 0 Å². The number of pyridine rings is 1. The summed E-state index contributed by atoms with van der Waals surface area (Å²) in [6, 6.07) is 13.5. The minimum atomic E-state index is -0.0819. The molecular formula is C20H23N3O2. The third-order valence-corrected chi connectivity index (χ3v) is 5.25. The van der Waals surface area contributed by atoms with Crippen LogP contribution in [0.25, 0.3) is 0 Å². The molecular weight excluding hydrogens is 314 g/mol. The van der Waals surface area contributed by atoms with Crippen LogP contribution in [0.1, 0.15) is 29.6 Å². The molecule has 130 valence electrons. The average Bonchev–Trinajstić information content (AvgIpc) is 3.07. The highest BCUT2D eigenvalue weighted by Crippen LogP contribution is 2.37. The highest BCUT2D eigenvalue weighted by Gasteiger charge is 2.44. The summed E-state index contributed by atoms with van der Waals surface area (Å²) in [5, 5.41) is 3.39. The smallest absolute Gasteiger partial charge is 0.258 e. The molecule has 2 aromatic rings. The van der Waals surface area contributed by atoms with Gasteiger partial charge in [0.2, 0.25) is 0 Å². The normalized spacial score (nSPS) is 22.0. The van der Waals surface area contributed by atoms with E-state index < -0.39 is 0 Å². The van der Waals surface area contributed by atoms with Crippen LogP contribution in [0.2, 0.25) is 0 Å². The third-order valence-electron chi connectivity index (χ3n) is 5.25. The molecule has 4 rings (SSSR count). The average molecular weight is 337 g/mol. The topological polar surface area (TPSA) is 54.5 Å². The van der Waals surface area contributed by atoms with Crippen molar-refractivity contribution in [3.63, 3.8) is 0 Å². The molecule has 1 atom stereocenters. The number of carbonyl (C=O) groups is 1. The van der Waals surface area contributed by atoms with Crippen LogP contribution in [-0.4, -0.2) is 42.2 Å². The molecule has 1 aromatic carbocycles. The second kappa shape index (κ2) is 6.94. The minimum Gasteiger partial charge on any atom is -0.373 e. The molecule has 0 saturated carbocycles. The maximum atomic E-state index is 13.2. The monoisotopic (exact) mass is 337 g/mol. The fourth-order valence-corrected chi connectivity index (χ4v) is 3.93. The van der Waals surface area contributed by atoms with Crippen LogP contribution in [0.5, 0.6) is 0 Å². The van der Waals surface area contributed by atoms with Gasteiger partial charge < -0.3 is 15.0 Å². The maximum Gasteiger partial charge on any atom is 0.258 e. The lowest BCUT2D eigenvalue weighted by Gasteiger charge is -2.34. The van der Waals surface area contributed by atoms with E-state index in [0.717, 1.165) is 38.0 Å². The molecule has 0 radical (unpaired) electrons. The number of para-hydroxylation sites is 1. The Morgan fingerprint density at radius 2 is 1.84 bits per heavy atom. The van der Waals surface area contributed by atoms with Crippen LogP contribution in [0.4, 0.5) is 5.69 Å². The first kappa shape index (κ1) is 16.2. The summed E-state index contributed by atoms with van der Waals surface area (Å²) in [5.41, 5.74) is 1.50. The summed E-state index contributed by atoms with van der Waals surface area (Å²) in [5.74, 6) is 0.00758. The van der Waals surface area contributed by atoms with Crippen molar-refractivity contribution < 1.29 is 9.53 Å². The van der Waals surface area contributed by atoms with E-state index in [2.05, 4.69) is 10.3 Å². The minimum absolute atomic E-state index is 0.00758. The molecule has 2 aliphatic rings. The zero-order valence-electron chi connectivity index (χ0n) is 14.2. The van der Waals surface area contributed by atoms with E-state index >= 15 is 0 Å². The van der Waals surface area contributed by atoms with Crippen molar-refractivity contribution in [1.29, 1.82) is 0 Å². The summed E-state index contributed by atoms with van der Waals surface area (Å²) in [7, 11) is 0. The van der Waals surface area contributed by atoms with Gasteiger partial charge in [-0.1, -0.05) is 18.2 Å². The summed E-state index contributed by atoms with van der Waals surface area (Å²) >= 11 is 0. The van der Waals surface area contributed by atoms with Crippen molar-refractivity contribution in [3.8, 4) is 0 Å². The van der Waals surface area contributed by atoms with E-state index in [4.69, 9.17) is 4.74 Å². The standard InChI is InChI=1S/C20H23N3O2/c24-19(16-6-10-21-11-7-16)23(17-4-2-1-3-5-17)18-14-20(25-15-18)8-12-22-13-9-20/h1-7,10-11,18,22H,8-9,12-15H2/t18-/m0/s1. The number of anilines is 1. The molecule has 25 heavy (non-hydrogen) atoms. The molecule has 5 nitrogen and oxygen atoms in total. The molecule has 0 unspecified atom stereocenters. The number of nitrogens with zero attached hydrogens (tertiary/aromatic N) is 2. The summed E-state index contributed by atoms with van der Waals surface area (Å²) in [6.07, 6.45) is 6.23. The van der Waals surface area contributed by atoms with Crippen molar-refractivity contribution in [2.45, 2.75) is 30.9 Å². The Hall–Kier alpha value is -2.24. The van der Waals surface area contributed by atoms with Crippen molar-refractivity contribution in [2.24, 2.45) is 0 Å². The van der Waals surface area contributed by atoms with Gasteiger partial charge in [0, 0.05) is 23.6 Å². The number of rotatable bonds is 3. The lowest BCUT2D eigenvalue weighted by atomic mass is 9.87. The Kier molecular flexibility index (Phi) is 4.51. The van der Waals surface area contributed by atoms with Crippen LogP contribution in [0.3, 0.4) is 0 Å². The highest BCUT2D eigenvalue weighted by molar-refractivity contribution is 6.06. The van der Waals surface area contributed by atoms with Crippen LogP contribution < -0.4 is 10.2 Å². The van der Waals surface area contributed by atoms with E-state index in [-0.39, 0.29) is 17.6 Å². The SMILES string of the molecule is O=C(c1ccncc1)N(c1ccccc1)[C@@H]1COC2(CCNCC2)C1. The first-order valence-electron chi connectivity index (χ1n) is 8.91. The summed E-state index contributed by atoms with van der Waals surface area (Å²) < 4.78 is 6.24. The molecule has 1 amide bonds. The second-order valence-corrected chi connectivity index (χ2v) is 6.85. The predicted octanol–water partition coefficient (Wildman–Crippen LogP) is 2.64. The van der Waals surface area contributed by atoms with E-state index in [0.29, 0.717) is 12.2 Å². The maximum absolute atomic E-state index is 13.2. The van der Waals surface area contributed by atoms with Crippen LogP contribution in [-0.2, 0) is 4.74 Å². The molecule has 3 heterocycles. The zero-order chi connectivity index (χ0) is 17.1. The number of carbonyl (C=O) groups excluding carboxylic acids is 1. The van der Waals surface area contributed by atoms with Gasteiger partial charge in [-0.15, -0.1) is 0 Å². The molecule has 5 heteroatoms. The number of benzene rings is 1. The molecule has 0 bridgehead atoms. The summed E-state index contributed by atoms with van der Waals surface area (Å²) in [4.78, 5) is 19.2. The fraction of sp³-hybridized carbons (Fsp3) is 0.400. The summed E-state index contributed by atoms with van der Waals surface area (Å²) in [6.45, 7) is 2.55. The fourth-order valence-electron chi connectivity index (χ4n) is 3.93.